The number of imidazole rings is 1. The number of aromatic nitrogens is 4. The topological polar surface area (TPSA) is 227 Å². The first-order valence-electron chi connectivity index (χ1n) is 13.1. The number of likely N-dealkylation sites (N-methyl/N-ethyl adjacent to an activating group) is 1. The summed E-state index contributed by atoms with van der Waals surface area (Å²) in [5.74, 6) is -1.69. The average molecular weight is 632 g/mol. The minimum atomic E-state index is -2.79. The second-order valence-corrected chi connectivity index (χ2v) is 10.4. The predicted molar refractivity (Wildman–Crippen MR) is 155 cm³/mol. The Labute approximate surface area is 255 Å². The lowest BCUT2D eigenvalue weighted by molar-refractivity contribution is -0.195. The van der Waals surface area contributed by atoms with Crippen LogP contribution in [0, 0.1) is 12.3 Å². The molecule has 0 bridgehead atoms. The molecule has 1 aromatic carbocycles. The highest BCUT2D eigenvalue weighted by Crippen LogP contribution is 2.27. The molecule has 3 heterocycles. The number of nitrogens with zero attached hydrogens (tertiary/aromatic N) is 6. The third-order valence-corrected chi connectivity index (χ3v) is 7.16. The Morgan fingerprint density at radius 1 is 1.20 bits per heavy atom. The Balaban J connectivity index is 1.54. The smallest absolute Gasteiger partial charge is 0.348 e. The van der Waals surface area contributed by atoms with Crippen LogP contribution < -0.4 is 10.6 Å². The quantitative estimate of drug-likeness (QED) is 0.0900. The SMILES string of the molecule is C#C[C@@H](O)[C@@H](O[C@@H](CO)COC(Cc1ccc(N2CCN(C)CC2=O)cc1)(C(=O)O)C(=O)O)n1cnc2c(N)nc(Cl)nc21. The Bertz CT molecular complexity index is 1560. The number of aliphatic hydroxyl groups is 2. The van der Waals surface area contributed by atoms with E-state index in [0.29, 0.717) is 24.3 Å². The Hall–Kier alpha value is -4.37. The molecule has 16 nitrogen and oxygen atoms in total. The zero-order valence-corrected chi connectivity index (χ0v) is 24.2. The van der Waals surface area contributed by atoms with Crippen LogP contribution in [0.3, 0.4) is 0 Å². The number of carbonyl (C=O) groups excluding carboxylic acids is 1. The molecular formula is C27H30ClN7O9. The summed E-state index contributed by atoms with van der Waals surface area (Å²) in [5.41, 5.74) is 4.06. The van der Waals surface area contributed by atoms with Crippen LogP contribution in [0.5, 0.6) is 0 Å². The van der Waals surface area contributed by atoms with Crippen molar-refractivity contribution in [1.29, 1.82) is 0 Å². The lowest BCUT2D eigenvalue weighted by Gasteiger charge is -2.32. The van der Waals surface area contributed by atoms with Gasteiger partial charge >= 0.3 is 11.9 Å². The summed E-state index contributed by atoms with van der Waals surface area (Å²) >= 11 is 5.91. The maximum Gasteiger partial charge on any atom is 0.348 e. The van der Waals surface area contributed by atoms with Gasteiger partial charge in [-0.1, -0.05) is 18.1 Å². The highest BCUT2D eigenvalue weighted by atomic mass is 35.5. The zero-order chi connectivity index (χ0) is 32.2. The van der Waals surface area contributed by atoms with Crippen molar-refractivity contribution < 1.29 is 44.3 Å². The number of amides is 1. The van der Waals surface area contributed by atoms with E-state index >= 15 is 0 Å². The summed E-state index contributed by atoms with van der Waals surface area (Å²) in [7, 11) is 1.83. The molecule has 1 amide bonds. The van der Waals surface area contributed by atoms with Gasteiger partial charge in [-0.15, -0.1) is 6.42 Å². The maximum atomic E-state index is 12.4. The average Bonchev–Trinajstić information content (AvgIpc) is 3.40. The normalized spacial score (nSPS) is 16.4. The van der Waals surface area contributed by atoms with E-state index in [1.165, 1.54) is 23.0 Å². The second kappa shape index (κ2) is 13.5. The van der Waals surface area contributed by atoms with Crippen LogP contribution in [0.4, 0.5) is 11.5 Å². The van der Waals surface area contributed by atoms with Crippen LogP contribution in [0.1, 0.15) is 11.8 Å². The van der Waals surface area contributed by atoms with Crippen molar-refractivity contribution >= 4 is 52.1 Å². The van der Waals surface area contributed by atoms with Crippen molar-refractivity contribution in [3.05, 3.63) is 41.4 Å². The molecule has 44 heavy (non-hydrogen) atoms. The first kappa shape index (κ1) is 32.5. The van der Waals surface area contributed by atoms with Crippen LogP contribution in [0.25, 0.3) is 11.2 Å². The lowest BCUT2D eigenvalue weighted by atomic mass is 9.94. The number of hydrogen-bond acceptors (Lipinski definition) is 12. The lowest BCUT2D eigenvalue weighted by Crippen LogP contribution is -2.52. The molecule has 1 aliphatic rings. The molecule has 2 aromatic heterocycles. The first-order valence-corrected chi connectivity index (χ1v) is 13.5. The van der Waals surface area contributed by atoms with Crippen molar-refractivity contribution in [2.75, 3.05) is 50.5 Å². The number of hydrogen-bond donors (Lipinski definition) is 5. The number of halogens is 1. The third kappa shape index (κ3) is 6.73. The molecule has 0 saturated carbocycles. The molecular weight excluding hydrogens is 602 g/mol. The molecule has 0 aliphatic carbocycles. The number of aliphatic hydroxyl groups excluding tert-OH is 2. The van der Waals surface area contributed by atoms with Gasteiger partial charge in [0, 0.05) is 25.2 Å². The molecule has 3 atom stereocenters. The Kier molecular flexibility index (Phi) is 9.99. The highest BCUT2D eigenvalue weighted by molar-refractivity contribution is 6.28. The number of ether oxygens (including phenoxy) is 2. The van der Waals surface area contributed by atoms with Gasteiger partial charge < -0.3 is 40.5 Å². The first-order chi connectivity index (χ1) is 20.9. The van der Waals surface area contributed by atoms with Gasteiger partial charge in [0.05, 0.1) is 26.1 Å². The number of piperazine rings is 1. The zero-order valence-electron chi connectivity index (χ0n) is 23.4. The van der Waals surface area contributed by atoms with Gasteiger partial charge in [-0.2, -0.15) is 9.97 Å². The molecule has 6 N–H and O–H groups in total. The van der Waals surface area contributed by atoms with Gasteiger partial charge in [-0.3, -0.25) is 14.3 Å². The van der Waals surface area contributed by atoms with E-state index in [1.54, 1.807) is 17.0 Å². The number of terminal acetylenes is 1. The van der Waals surface area contributed by atoms with Crippen LogP contribution in [0.2, 0.25) is 5.28 Å². The molecule has 1 saturated heterocycles. The van der Waals surface area contributed by atoms with Crippen molar-refractivity contribution in [1.82, 2.24) is 24.4 Å². The number of nitrogen functional groups attached to an aromatic ring is 1. The Morgan fingerprint density at radius 2 is 1.89 bits per heavy atom. The van der Waals surface area contributed by atoms with Crippen LogP contribution in [0.15, 0.2) is 30.6 Å². The van der Waals surface area contributed by atoms with Crippen LogP contribution in [-0.2, 0) is 30.3 Å². The van der Waals surface area contributed by atoms with Crippen molar-refractivity contribution in [2.45, 2.75) is 30.5 Å². The summed E-state index contributed by atoms with van der Waals surface area (Å²) in [4.78, 5) is 52.5. The summed E-state index contributed by atoms with van der Waals surface area (Å²) in [6, 6.07) is 6.20. The fourth-order valence-corrected chi connectivity index (χ4v) is 4.77. The standard InChI is InChI=1S/C27H30ClN7O9/c1-3-18(37)23(35-14-30-20-21(29)31-26(28)32-22(20)35)44-17(12-36)13-43-27(24(39)40,25(41)42)10-15-4-6-16(7-5-15)34-9-8-33(2)11-19(34)38/h1,4-7,14,17-18,23,36-37H,8-13H2,2H3,(H,39,40)(H,41,42)(H2,29,31,32)/t17-,18+,23+/m0/s1. The van der Waals surface area contributed by atoms with Crippen molar-refractivity contribution in [2.24, 2.45) is 0 Å². The number of anilines is 2. The Morgan fingerprint density at radius 3 is 2.48 bits per heavy atom. The van der Waals surface area contributed by atoms with E-state index in [0.717, 1.165) is 0 Å². The number of fused-ring (bicyclic) bond motifs is 1. The highest BCUT2D eigenvalue weighted by Gasteiger charge is 2.49. The van der Waals surface area contributed by atoms with E-state index in [4.69, 9.17) is 33.2 Å². The molecule has 1 fully saturated rings. The van der Waals surface area contributed by atoms with E-state index in [9.17, 15) is 34.8 Å². The monoisotopic (exact) mass is 631 g/mol. The summed E-state index contributed by atoms with van der Waals surface area (Å²) < 4.78 is 12.4. The molecule has 4 rings (SSSR count). The van der Waals surface area contributed by atoms with Crippen LogP contribution in [-0.4, -0.2) is 120 Å². The van der Waals surface area contributed by atoms with Gasteiger partial charge in [0.1, 0.15) is 11.6 Å². The largest absolute Gasteiger partial charge is 0.479 e. The van der Waals surface area contributed by atoms with E-state index in [2.05, 4.69) is 20.9 Å². The minimum Gasteiger partial charge on any atom is -0.479 e. The van der Waals surface area contributed by atoms with Crippen molar-refractivity contribution in [3.63, 3.8) is 0 Å². The van der Waals surface area contributed by atoms with E-state index in [1.807, 2.05) is 11.9 Å². The molecule has 3 aromatic rings. The molecule has 0 unspecified atom stereocenters. The van der Waals surface area contributed by atoms with Gasteiger partial charge in [-0.25, -0.2) is 14.6 Å². The van der Waals surface area contributed by atoms with Gasteiger partial charge in [-0.05, 0) is 36.3 Å². The molecule has 0 spiro atoms. The van der Waals surface area contributed by atoms with Gasteiger partial charge in [0.25, 0.3) is 5.60 Å². The number of benzene rings is 1. The summed E-state index contributed by atoms with van der Waals surface area (Å²) in [6.07, 6.45) is 1.48. The molecule has 234 valence electrons. The van der Waals surface area contributed by atoms with Gasteiger partial charge in [0.15, 0.2) is 23.8 Å². The third-order valence-electron chi connectivity index (χ3n) is 6.99. The number of aliphatic carboxylic acids is 2. The predicted octanol–water partition coefficient (Wildman–Crippen LogP) is -0.622. The number of carboxylic acid groups (broad SMARTS) is 2. The number of carboxylic acids is 2. The fourth-order valence-electron chi connectivity index (χ4n) is 4.60. The number of nitrogens with two attached hydrogens (primary N) is 1. The summed E-state index contributed by atoms with van der Waals surface area (Å²) in [5, 5.41) is 40.3. The molecule has 0 radical (unpaired) electrons. The number of rotatable bonds is 13. The van der Waals surface area contributed by atoms with Crippen LogP contribution >= 0.6 is 11.6 Å². The number of carbonyl (C=O) groups is 3. The van der Waals surface area contributed by atoms with Gasteiger partial charge in [0.2, 0.25) is 11.2 Å². The van der Waals surface area contributed by atoms with E-state index in [-0.39, 0.29) is 34.7 Å². The van der Waals surface area contributed by atoms with Crippen molar-refractivity contribution in [3.8, 4) is 12.3 Å². The maximum absolute atomic E-state index is 12.4. The fraction of sp³-hybridized carbons (Fsp3) is 0.407. The molecule has 17 heteroatoms. The van der Waals surface area contributed by atoms with E-state index < -0.39 is 55.6 Å². The minimum absolute atomic E-state index is 0.0338. The second-order valence-electron chi connectivity index (χ2n) is 10.0. The molecule has 1 aliphatic heterocycles. The summed E-state index contributed by atoms with van der Waals surface area (Å²) in [6.45, 7) is -0.159.